The van der Waals surface area contributed by atoms with E-state index in [0.717, 1.165) is 24.9 Å². The average Bonchev–Trinajstić information content (AvgIpc) is 3.28. The number of rotatable bonds is 6. The molecule has 1 heterocycles. The van der Waals surface area contributed by atoms with Crippen LogP contribution in [0.3, 0.4) is 0 Å². The standard InChI is InChI=1S/C18H31N3/c1-4-15-5-9-17(10-6-15)21-14(3)18(13(2)20-21)11-12-19-16-7-8-16/h15-17,19H,4-12H2,1-3H3. The van der Waals surface area contributed by atoms with Crippen LogP contribution in [-0.4, -0.2) is 22.4 Å². The summed E-state index contributed by atoms with van der Waals surface area (Å²) < 4.78 is 2.35. The maximum absolute atomic E-state index is 4.89. The minimum atomic E-state index is 0.650. The second-order valence-electron chi connectivity index (χ2n) is 7.16. The lowest BCUT2D eigenvalue weighted by atomic mass is 9.84. The summed E-state index contributed by atoms with van der Waals surface area (Å²) in [4.78, 5) is 0. The van der Waals surface area contributed by atoms with Crippen LogP contribution >= 0.6 is 0 Å². The van der Waals surface area contributed by atoms with Crippen LogP contribution < -0.4 is 5.32 Å². The molecule has 1 N–H and O–H groups in total. The molecule has 0 aliphatic heterocycles. The molecule has 0 atom stereocenters. The van der Waals surface area contributed by atoms with Gasteiger partial charge in [-0.2, -0.15) is 5.10 Å². The zero-order chi connectivity index (χ0) is 14.8. The van der Waals surface area contributed by atoms with E-state index < -0.39 is 0 Å². The van der Waals surface area contributed by atoms with Crippen LogP contribution in [0.2, 0.25) is 0 Å². The Balaban J connectivity index is 1.62. The van der Waals surface area contributed by atoms with Crippen LogP contribution in [0.1, 0.15) is 74.9 Å². The Labute approximate surface area is 129 Å². The highest BCUT2D eigenvalue weighted by molar-refractivity contribution is 5.25. The summed E-state index contributed by atoms with van der Waals surface area (Å²) in [6.45, 7) is 7.91. The van der Waals surface area contributed by atoms with Crippen molar-refractivity contribution in [2.24, 2.45) is 5.92 Å². The summed E-state index contributed by atoms with van der Waals surface area (Å²) in [6.07, 6.45) is 10.6. The van der Waals surface area contributed by atoms with Gasteiger partial charge in [0.2, 0.25) is 0 Å². The summed E-state index contributed by atoms with van der Waals surface area (Å²) in [5.41, 5.74) is 4.16. The average molecular weight is 289 g/mol. The molecule has 1 aromatic heterocycles. The van der Waals surface area contributed by atoms with Gasteiger partial charge in [-0.1, -0.05) is 13.3 Å². The Morgan fingerprint density at radius 2 is 1.81 bits per heavy atom. The predicted molar refractivity (Wildman–Crippen MR) is 87.7 cm³/mol. The molecule has 1 aromatic rings. The van der Waals surface area contributed by atoms with E-state index in [4.69, 9.17) is 5.10 Å². The first kappa shape index (κ1) is 15.1. The SMILES string of the molecule is CCC1CCC(n2nc(C)c(CCNC3CC3)c2C)CC1. The van der Waals surface area contributed by atoms with Gasteiger partial charge < -0.3 is 5.32 Å². The van der Waals surface area contributed by atoms with Gasteiger partial charge in [-0.25, -0.2) is 0 Å². The van der Waals surface area contributed by atoms with Crippen molar-refractivity contribution < 1.29 is 0 Å². The zero-order valence-electron chi connectivity index (χ0n) is 14.0. The smallest absolute Gasteiger partial charge is 0.0629 e. The normalized spacial score (nSPS) is 26.2. The lowest BCUT2D eigenvalue weighted by Crippen LogP contribution is -2.21. The molecule has 0 spiro atoms. The third kappa shape index (κ3) is 3.50. The van der Waals surface area contributed by atoms with E-state index in [2.05, 4.69) is 30.8 Å². The van der Waals surface area contributed by atoms with E-state index in [0.29, 0.717) is 6.04 Å². The predicted octanol–water partition coefficient (Wildman–Crippen LogP) is 3.94. The van der Waals surface area contributed by atoms with Gasteiger partial charge >= 0.3 is 0 Å². The first-order chi connectivity index (χ1) is 10.2. The third-order valence-electron chi connectivity index (χ3n) is 5.60. The van der Waals surface area contributed by atoms with Crippen LogP contribution in [0.25, 0.3) is 0 Å². The molecule has 3 rings (SSSR count). The lowest BCUT2D eigenvalue weighted by Gasteiger charge is -2.28. The van der Waals surface area contributed by atoms with Crippen LogP contribution in [-0.2, 0) is 6.42 Å². The molecular formula is C18H31N3. The van der Waals surface area contributed by atoms with Crippen LogP contribution in [0.4, 0.5) is 0 Å². The second-order valence-corrected chi connectivity index (χ2v) is 7.16. The molecule has 0 radical (unpaired) electrons. The molecule has 0 aromatic carbocycles. The molecule has 2 fully saturated rings. The van der Waals surface area contributed by atoms with Gasteiger partial charge in [0, 0.05) is 11.7 Å². The summed E-state index contributed by atoms with van der Waals surface area (Å²) in [5, 5.41) is 8.51. The minimum Gasteiger partial charge on any atom is -0.314 e. The summed E-state index contributed by atoms with van der Waals surface area (Å²) in [5.74, 6) is 0.959. The maximum Gasteiger partial charge on any atom is 0.0629 e. The first-order valence-electron chi connectivity index (χ1n) is 8.97. The highest BCUT2D eigenvalue weighted by atomic mass is 15.3. The maximum atomic E-state index is 4.89. The quantitative estimate of drug-likeness (QED) is 0.859. The van der Waals surface area contributed by atoms with E-state index in [1.165, 1.54) is 61.9 Å². The molecule has 2 aliphatic rings. The summed E-state index contributed by atoms with van der Waals surface area (Å²) in [6, 6.07) is 1.46. The van der Waals surface area contributed by atoms with Gasteiger partial charge in [0.1, 0.15) is 0 Å². The number of aryl methyl sites for hydroxylation is 1. The van der Waals surface area contributed by atoms with E-state index in [1.807, 2.05) is 0 Å². The highest BCUT2D eigenvalue weighted by Gasteiger charge is 2.25. The first-order valence-corrected chi connectivity index (χ1v) is 8.97. The van der Waals surface area contributed by atoms with E-state index in [1.54, 1.807) is 0 Å². The molecule has 21 heavy (non-hydrogen) atoms. The van der Waals surface area contributed by atoms with Crippen molar-refractivity contribution in [1.29, 1.82) is 0 Å². The Kier molecular flexibility index (Phi) is 4.68. The third-order valence-corrected chi connectivity index (χ3v) is 5.60. The van der Waals surface area contributed by atoms with Crippen LogP contribution in [0, 0.1) is 19.8 Å². The molecule has 2 aliphatic carbocycles. The van der Waals surface area contributed by atoms with Gasteiger partial charge in [0.25, 0.3) is 0 Å². The minimum absolute atomic E-state index is 0.650. The van der Waals surface area contributed by atoms with Crippen molar-refractivity contribution >= 4 is 0 Å². The monoisotopic (exact) mass is 289 g/mol. The number of nitrogens with zero attached hydrogens (tertiary/aromatic N) is 2. The summed E-state index contributed by atoms with van der Waals surface area (Å²) in [7, 11) is 0. The van der Waals surface area contributed by atoms with E-state index in [-0.39, 0.29) is 0 Å². The summed E-state index contributed by atoms with van der Waals surface area (Å²) >= 11 is 0. The van der Waals surface area contributed by atoms with E-state index >= 15 is 0 Å². The van der Waals surface area contributed by atoms with Crippen molar-refractivity contribution in [2.45, 2.75) is 84.2 Å². The molecule has 0 saturated heterocycles. The Hall–Kier alpha value is -0.830. The molecule has 3 heteroatoms. The number of aromatic nitrogens is 2. The molecular weight excluding hydrogens is 258 g/mol. The Morgan fingerprint density at radius 1 is 1.10 bits per heavy atom. The fourth-order valence-corrected chi connectivity index (χ4v) is 3.90. The molecule has 118 valence electrons. The van der Waals surface area contributed by atoms with Gasteiger partial charge in [0.15, 0.2) is 0 Å². The van der Waals surface area contributed by atoms with Crippen molar-refractivity contribution in [3.8, 4) is 0 Å². The molecule has 0 bridgehead atoms. The van der Waals surface area contributed by atoms with Gasteiger partial charge in [-0.3, -0.25) is 4.68 Å². The van der Waals surface area contributed by atoms with Crippen molar-refractivity contribution in [3.05, 3.63) is 17.0 Å². The lowest BCUT2D eigenvalue weighted by molar-refractivity contribution is 0.253. The van der Waals surface area contributed by atoms with Crippen molar-refractivity contribution in [1.82, 2.24) is 15.1 Å². The number of hydrogen-bond acceptors (Lipinski definition) is 2. The largest absolute Gasteiger partial charge is 0.314 e. The van der Waals surface area contributed by atoms with Crippen molar-refractivity contribution in [3.63, 3.8) is 0 Å². The van der Waals surface area contributed by atoms with Gasteiger partial charge in [0.05, 0.1) is 11.7 Å². The second kappa shape index (κ2) is 6.51. The Bertz CT molecular complexity index is 465. The number of nitrogens with one attached hydrogen (secondary N) is 1. The fourth-order valence-electron chi connectivity index (χ4n) is 3.90. The van der Waals surface area contributed by atoms with Crippen molar-refractivity contribution in [2.75, 3.05) is 6.54 Å². The van der Waals surface area contributed by atoms with Gasteiger partial charge in [-0.05, 0) is 76.8 Å². The topological polar surface area (TPSA) is 29.9 Å². The zero-order valence-corrected chi connectivity index (χ0v) is 14.0. The molecule has 0 amide bonds. The van der Waals surface area contributed by atoms with Gasteiger partial charge in [-0.15, -0.1) is 0 Å². The fraction of sp³-hybridized carbons (Fsp3) is 0.833. The Morgan fingerprint density at radius 3 is 2.43 bits per heavy atom. The van der Waals surface area contributed by atoms with Crippen LogP contribution in [0.15, 0.2) is 0 Å². The highest BCUT2D eigenvalue weighted by Crippen LogP contribution is 2.34. The van der Waals surface area contributed by atoms with Crippen LogP contribution in [0.5, 0.6) is 0 Å². The molecule has 3 nitrogen and oxygen atoms in total. The molecule has 2 saturated carbocycles. The van der Waals surface area contributed by atoms with E-state index in [9.17, 15) is 0 Å². The number of hydrogen-bond donors (Lipinski definition) is 1. The molecule has 0 unspecified atom stereocenters.